The number of rotatable bonds is 12. The van der Waals surface area contributed by atoms with Crippen molar-refractivity contribution in [1.82, 2.24) is 5.32 Å². The minimum Gasteiger partial charge on any atom is -0.497 e. The molecule has 4 aromatic rings. The first-order valence-electron chi connectivity index (χ1n) is 13.2. The van der Waals surface area contributed by atoms with E-state index in [0.29, 0.717) is 39.8 Å². The summed E-state index contributed by atoms with van der Waals surface area (Å²) in [5.41, 5.74) is 2.04. The smallest absolute Gasteiger partial charge is 0.272 e. The van der Waals surface area contributed by atoms with Gasteiger partial charge in [0.25, 0.3) is 11.8 Å². The van der Waals surface area contributed by atoms with Gasteiger partial charge in [0.2, 0.25) is 5.91 Å². The van der Waals surface area contributed by atoms with Crippen LogP contribution >= 0.6 is 11.8 Å². The van der Waals surface area contributed by atoms with Crippen molar-refractivity contribution in [3.8, 4) is 17.2 Å². The molecule has 0 aromatic heterocycles. The molecule has 0 fully saturated rings. The van der Waals surface area contributed by atoms with E-state index in [2.05, 4.69) is 16.0 Å². The molecule has 0 aliphatic rings. The number of carbonyl (C=O) groups is 3. The zero-order valence-electron chi connectivity index (χ0n) is 23.9. The molecule has 3 amide bonds. The molecule has 0 atom stereocenters. The summed E-state index contributed by atoms with van der Waals surface area (Å²) in [6, 6.07) is 28.0. The van der Waals surface area contributed by atoms with E-state index in [1.54, 1.807) is 98.1 Å². The SMILES string of the molecule is COc1cccc(NC(=O)CSc2cccc(NC(=O)/C(=C\c3cccc(OC)c3OC)NC(=O)c3ccccc3)c2)c1. The number of methoxy groups -OCH3 is 3. The lowest BCUT2D eigenvalue weighted by molar-refractivity contribution is -0.114. The van der Waals surface area contributed by atoms with Crippen LogP contribution in [0.4, 0.5) is 11.4 Å². The fraction of sp³-hybridized carbons (Fsp3) is 0.121. The highest BCUT2D eigenvalue weighted by atomic mass is 32.2. The van der Waals surface area contributed by atoms with Crippen molar-refractivity contribution in [2.45, 2.75) is 4.90 Å². The molecule has 0 aliphatic heterocycles. The lowest BCUT2D eigenvalue weighted by atomic mass is 10.1. The molecule has 43 heavy (non-hydrogen) atoms. The van der Waals surface area contributed by atoms with Gasteiger partial charge in [0.1, 0.15) is 11.4 Å². The zero-order valence-corrected chi connectivity index (χ0v) is 24.7. The monoisotopic (exact) mass is 597 g/mol. The molecular formula is C33H31N3O6S. The van der Waals surface area contributed by atoms with E-state index in [-0.39, 0.29) is 17.4 Å². The first kappa shape index (κ1) is 30.7. The Balaban J connectivity index is 1.50. The fourth-order valence-corrected chi connectivity index (χ4v) is 4.79. The molecule has 0 heterocycles. The van der Waals surface area contributed by atoms with Crippen molar-refractivity contribution in [3.05, 3.63) is 114 Å². The number of ether oxygens (including phenoxy) is 3. The van der Waals surface area contributed by atoms with Gasteiger partial charge >= 0.3 is 0 Å². The molecule has 0 unspecified atom stereocenters. The molecule has 0 spiro atoms. The van der Waals surface area contributed by atoms with Gasteiger partial charge in [-0.1, -0.05) is 42.5 Å². The maximum atomic E-state index is 13.5. The van der Waals surface area contributed by atoms with Crippen LogP contribution in [0.2, 0.25) is 0 Å². The van der Waals surface area contributed by atoms with Crippen molar-refractivity contribution in [1.29, 1.82) is 0 Å². The molecular weight excluding hydrogens is 566 g/mol. The summed E-state index contributed by atoms with van der Waals surface area (Å²) < 4.78 is 16.1. The highest BCUT2D eigenvalue weighted by Crippen LogP contribution is 2.32. The van der Waals surface area contributed by atoms with Gasteiger partial charge in [-0.3, -0.25) is 14.4 Å². The Labute approximate surface area is 254 Å². The van der Waals surface area contributed by atoms with Crippen molar-refractivity contribution >= 4 is 46.9 Å². The number of amides is 3. The van der Waals surface area contributed by atoms with Crippen molar-refractivity contribution in [2.75, 3.05) is 37.7 Å². The number of nitrogens with one attached hydrogen (secondary N) is 3. The second-order valence-electron chi connectivity index (χ2n) is 9.01. The van der Waals surface area contributed by atoms with Crippen molar-refractivity contribution < 1.29 is 28.6 Å². The van der Waals surface area contributed by atoms with Crippen LogP contribution in [0.5, 0.6) is 17.2 Å². The van der Waals surface area contributed by atoms with Crippen LogP contribution in [-0.4, -0.2) is 44.8 Å². The average Bonchev–Trinajstić information content (AvgIpc) is 3.03. The average molecular weight is 598 g/mol. The van der Waals surface area contributed by atoms with Crippen LogP contribution < -0.4 is 30.2 Å². The Morgan fingerprint density at radius 1 is 0.744 bits per heavy atom. The second-order valence-corrected chi connectivity index (χ2v) is 10.1. The number of carbonyl (C=O) groups excluding carboxylic acids is 3. The van der Waals surface area contributed by atoms with E-state index in [1.165, 1.54) is 32.1 Å². The zero-order chi connectivity index (χ0) is 30.6. The van der Waals surface area contributed by atoms with Gasteiger partial charge in [-0.25, -0.2) is 0 Å². The molecule has 4 rings (SSSR count). The van der Waals surface area contributed by atoms with E-state index in [1.807, 2.05) is 6.07 Å². The van der Waals surface area contributed by atoms with Crippen LogP contribution in [0.15, 0.2) is 108 Å². The van der Waals surface area contributed by atoms with Crippen LogP contribution in [0.1, 0.15) is 15.9 Å². The number of para-hydroxylation sites is 1. The Bertz CT molecular complexity index is 1620. The number of anilines is 2. The van der Waals surface area contributed by atoms with Crippen molar-refractivity contribution in [2.24, 2.45) is 0 Å². The second kappa shape index (κ2) is 15.1. The minimum atomic E-state index is -0.549. The summed E-state index contributed by atoms with van der Waals surface area (Å²) >= 11 is 1.32. The first-order valence-corrected chi connectivity index (χ1v) is 14.2. The molecule has 0 radical (unpaired) electrons. The Kier molecular flexibility index (Phi) is 10.8. The Morgan fingerprint density at radius 3 is 2.19 bits per heavy atom. The quantitative estimate of drug-likeness (QED) is 0.139. The maximum Gasteiger partial charge on any atom is 0.272 e. The van der Waals surface area contributed by atoms with Gasteiger partial charge in [0, 0.05) is 33.5 Å². The molecule has 220 valence electrons. The Morgan fingerprint density at radius 2 is 1.47 bits per heavy atom. The lowest BCUT2D eigenvalue weighted by Gasteiger charge is -2.14. The predicted octanol–water partition coefficient (Wildman–Crippen LogP) is 5.85. The molecule has 4 aromatic carbocycles. The van der Waals surface area contributed by atoms with E-state index >= 15 is 0 Å². The van der Waals surface area contributed by atoms with E-state index < -0.39 is 11.8 Å². The van der Waals surface area contributed by atoms with Crippen LogP contribution in [-0.2, 0) is 9.59 Å². The molecule has 9 nitrogen and oxygen atoms in total. The van der Waals surface area contributed by atoms with Gasteiger partial charge < -0.3 is 30.2 Å². The van der Waals surface area contributed by atoms with Crippen LogP contribution in [0, 0.1) is 0 Å². The number of hydrogen-bond acceptors (Lipinski definition) is 7. The van der Waals surface area contributed by atoms with Crippen LogP contribution in [0.3, 0.4) is 0 Å². The van der Waals surface area contributed by atoms with Gasteiger partial charge in [-0.2, -0.15) is 0 Å². The Hall–Kier alpha value is -5.22. The summed E-state index contributed by atoms with van der Waals surface area (Å²) in [5.74, 6) is 0.506. The largest absolute Gasteiger partial charge is 0.497 e. The highest BCUT2D eigenvalue weighted by molar-refractivity contribution is 8.00. The molecule has 0 aliphatic carbocycles. The lowest BCUT2D eigenvalue weighted by Crippen LogP contribution is -2.30. The van der Waals surface area contributed by atoms with Gasteiger partial charge in [0.15, 0.2) is 11.5 Å². The molecule has 10 heteroatoms. The third-order valence-corrected chi connectivity index (χ3v) is 7.07. The third-order valence-electron chi connectivity index (χ3n) is 6.08. The number of benzene rings is 4. The first-order chi connectivity index (χ1) is 20.9. The molecule has 0 saturated carbocycles. The minimum absolute atomic E-state index is 0.00358. The summed E-state index contributed by atoms with van der Waals surface area (Å²) in [6.45, 7) is 0. The van der Waals surface area contributed by atoms with Gasteiger partial charge in [-0.05, 0) is 54.6 Å². The summed E-state index contributed by atoms with van der Waals surface area (Å²) in [6.07, 6.45) is 1.53. The summed E-state index contributed by atoms with van der Waals surface area (Å²) in [7, 11) is 4.58. The normalized spacial score (nSPS) is 10.8. The number of thioether (sulfide) groups is 1. The van der Waals surface area contributed by atoms with Gasteiger partial charge in [-0.15, -0.1) is 11.8 Å². The number of hydrogen-bond donors (Lipinski definition) is 3. The molecule has 0 saturated heterocycles. The van der Waals surface area contributed by atoms with E-state index in [4.69, 9.17) is 14.2 Å². The molecule has 0 bridgehead atoms. The summed E-state index contributed by atoms with van der Waals surface area (Å²) in [5, 5.41) is 8.41. The summed E-state index contributed by atoms with van der Waals surface area (Å²) in [4.78, 5) is 39.8. The van der Waals surface area contributed by atoms with Crippen molar-refractivity contribution in [3.63, 3.8) is 0 Å². The standard InChI is InChI=1S/C33H31N3O6S/c1-40-26-15-8-13-24(19-26)34-30(37)21-43-27-16-9-14-25(20-27)35-33(39)28(36-32(38)22-10-5-4-6-11-22)18-23-12-7-17-29(41-2)31(23)42-3/h4-20H,21H2,1-3H3,(H,34,37)(H,35,39)(H,36,38)/b28-18+. The fourth-order valence-electron chi connectivity index (χ4n) is 4.03. The molecule has 3 N–H and O–H groups in total. The van der Waals surface area contributed by atoms with E-state index in [9.17, 15) is 14.4 Å². The van der Waals surface area contributed by atoms with Crippen LogP contribution in [0.25, 0.3) is 6.08 Å². The van der Waals surface area contributed by atoms with E-state index in [0.717, 1.165) is 4.90 Å². The third kappa shape index (κ3) is 8.64. The predicted molar refractivity (Wildman–Crippen MR) is 169 cm³/mol. The van der Waals surface area contributed by atoms with Gasteiger partial charge in [0.05, 0.1) is 27.1 Å². The topological polar surface area (TPSA) is 115 Å². The maximum absolute atomic E-state index is 13.5. The highest BCUT2D eigenvalue weighted by Gasteiger charge is 2.17.